The van der Waals surface area contributed by atoms with E-state index in [1.54, 1.807) is 11.8 Å². The van der Waals surface area contributed by atoms with Crippen LogP contribution in [0.5, 0.6) is 0 Å². The first-order valence-electron chi connectivity index (χ1n) is 6.94. The fourth-order valence-corrected chi connectivity index (χ4v) is 2.98. The van der Waals surface area contributed by atoms with Gasteiger partial charge in [-0.2, -0.15) is 4.98 Å². The lowest BCUT2D eigenvalue weighted by atomic mass is 9.86. The summed E-state index contributed by atoms with van der Waals surface area (Å²) in [7, 11) is 0. The maximum atomic E-state index is 6.08. The normalized spacial score (nSPS) is 25.4. The molecule has 21 heavy (non-hydrogen) atoms. The summed E-state index contributed by atoms with van der Waals surface area (Å²) >= 11 is 1.69. The van der Waals surface area contributed by atoms with Crippen molar-refractivity contribution in [1.82, 2.24) is 10.1 Å². The number of thioether (sulfide) groups is 1. The third kappa shape index (κ3) is 2.97. The van der Waals surface area contributed by atoms with Gasteiger partial charge in [0.15, 0.2) is 5.82 Å². The highest BCUT2D eigenvalue weighted by Gasteiger charge is 2.44. The van der Waals surface area contributed by atoms with Gasteiger partial charge < -0.3 is 15.0 Å². The van der Waals surface area contributed by atoms with Crippen LogP contribution in [-0.4, -0.2) is 29.4 Å². The summed E-state index contributed by atoms with van der Waals surface area (Å²) in [6.07, 6.45) is 0. The summed E-state index contributed by atoms with van der Waals surface area (Å²) in [5.74, 6) is 1.95. The smallest absolute Gasteiger partial charge is 0.236 e. The molecule has 0 saturated carbocycles. The molecule has 2 aromatic rings. The third-order valence-corrected chi connectivity index (χ3v) is 4.87. The lowest BCUT2D eigenvalue weighted by Gasteiger charge is -2.21. The summed E-state index contributed by atoms with van der Waals surface area (Å²) in [5.41, 5.74) is 6.95. The maximum Gasteiger partial charge on any atom is 0.236 e. The van der Waals surface area contributed by atoms with Gasteiger partial charge in [0.05, 0.1) is 24.4 Å². The van der Waals surface area contributed by atoms with E-state index in [0.717, 1.165) is 0 Å². The summed E-state index contributed by atoms with van der Waals surface area (Å²) in [5, 5.41) is 4.05. The minimum Gasteiger partial charge on any atom is -0.379 e. The number of aromatic nitrogens is 2. The van der Waals surface area contributed by atoms with Crippen molar-refractivity contribution in [2.75, 3.05) is 13.2 Å². The predicted octanol–water partition coefficient (Wildman–Crippen LogP) is 2.29. The number of rotatable bonds is 4. The van der Waals surface area contributed by atoms with E-state index in [0.29, 0.717) is 30.7 Å². The Hall–Kier alpha value is -1.37. The van der Waals surface area contributed by atoms with Crippen LogP contribution < -0.4 is 5.73 Å². The van der Waals surface area contributed by atoms with Crippen molar-refractivity contribution < 1.29 is 9.26 Å². The van der Waals surface area contributed by atoms with E-state index in [4.69, 9.17) is 15.0 Å². The maximum absolute atomic E-state index is 6.08. The molecule has 112 valence electrons. The van der Waals surface area contributed by atoms with Crippen molar-refractivity contribution in [2.45, 2.75) is 36.0 Å². The first-order chi connectivity index (χ1) is 10.1. The molecule has 1 aliphatic heterocycles. The first-order valence-corrected chi connectivity index (χ1v) is 7.92. The van der Waals surface area contributed by atoms with Gasteiger partial charge in [0.1, 0.15) is 0 Å². The second-order valence-electron chi connectivity index (χ2n) is 5.66. The van der Waals surface area contributed by atoms with E-state index >= 15 is 0 Å². The van der Waals surface area contributed by atoms with Gasteiger partial charge >= 0.3 is 0 Å². The molecule has 1 aromatic heterocycles. The van der Waals surface area contributed by atoms with Crippen molar-refractivity contribution in [3.63, 3.8) is 0 Å². The number of aryl methyl sites for hydroxylation is 1. The zero-order chi connectivity index (χ0) is 14.9. The number of nitrogens with two attached hydrogens (primary N) is 1. The lowest BCUT2D eigenvalue weighted by Crippen LogP contribution is -2.42. The van der Waals surface area contributed by atoms with Crippen molar-refractivity contribution in [1.29, 1.82) is 0 Å². The van der Waals surface area contributed by atoms with E-state index < -0.39 is 0 Å². The summed E-state index contributed by atoms with van der Waals surface area (Å²) in [4.78, 5) is 5.68. The highest BCUT2D eigenvalue weighted by molar-refractivity contribution is 7.98. The topological polar surface area (TPSA) is 74.2 Å². The van der Waals surface area contributed by atoms with Crippen LogP contribution in [0.1, 0.15) is 24.2 Å². The second-order valence-corrected chi connectivity index (χ2v) is 6.71. The van der Waals surface area contributed by atoms with Crippen LogP contribution in [0.3, 0.4) is 0 Å². The number of nitrogens with zero attached hydrogens (tertiary/aromatic N) is 2. The molecule has 0 amide bonds. The van der Waals surface area contributed by atoms with E-state index in [1.165, 1.54) is 10.5 Å². The molecule has 1 aromatic carbocycles. The Kier molecular flexibility index (Phi) is 4.01. The Morgan fingerprint density at radius 2 is 2.14 bits per heavy atom. The van der Waals surface area contributed by atoms with Crippen molar-refractivity contribution in [3.05, 3.63) is 41.5 Å². The lowest BCUT2D eigenvalue weighted by molar-refractivity contribution is 0.169. The minimum atomic E-state index is -0.375. The van der Waals surface area contributed by atoms with Crippen molar-refractivity contribution >= 4 is 11.8 Å². The van der Waals surface area contributed by atoms with Gasteiger partial charge in [-0.05, 0) is 26.0 Å². The van der Waals surface area contributed by atoms with Crippen LogP contribution in [0.4, 0.5) is 0 Å². The third-order valence-electron chi connectivity index (χ3n) is 3.86. The number of ether oxygens (including phenoxy) is 1. The number of hydrogen-bond donors (Lipinski definition) is 1. The quantitative estimate of drug-likeness (QED) is 0.874. The Morgan fingerprint density at radius 3 is 2.81 bits per heavy atom. The highest BCUT2D eigenvalue weighted by Crippen LogP contribution is 2.31. The van der Waals surface area contributed by atoms with Crippen LogP contribution in [0.15, 0.2) is 33.7 Å². The molecule has 2 N–H and O–H groups in total. The molecule has 2 heterocycles. The van der Waals surface area contributed by atoms with Gasteiger partial charge in [-0.15, -0.1) is 11.8 Å². The van der Waals surface area contributed by atoms with Gasteiger partial charge in [-0.3, -0.25) is 0 Å². The van der Waals surface area contributed by atoms with Gasteiger partial charge in [0.25, 0.3) is 0 Å². The molecule has 1 fully saturated rings. The monoisotopic (exact) mass is 305 g/mol. The molecule has 5 nitrogen and oxygen atoms in total. The molecular formula is C15H19N3O2S. The SMILES string of the molecule is Cc1ccc(SCc2noc(C3(C)COCC3N)n2)cc1. The highest BCUT2D eigenvalue weighted by atomic mass is 32.2. The summed E-state index contributed by atoms with van der Waals surface area (Å²) < 4.78 is 10.8. The molecule has 0 spiro atoms. The van der Waals surface area contributed by atoms with Gasteiger partial charge in [0.2, 0.25) is 5.89 Å². The Labute approximate surface area is 128 Å². The molecule has 0 aliphatic carbocycles. The summed E-state index contributed by atoms with van der Waals surface area (Å²) in [6.45, 7) is 5.15. The Balaban J connectivity index is 1.67. The predicted molar refractivity (Wildman–Crippen MR) is 81.2 cm³/mol. The second kappa shape index (κ2) is 5.79. The molecule has 0 radical (unpaired) electrons. The number of benzene rings is 1. The number of hydrogen-bond acceptors (Lipinski definition) is 6. The van der Waals surface area contributed by atoms with Crippen molar-refractivity contribution in [3.8, 4) is 0 Å². The molecule has 6 heteroatoms. The zero-order valence-corrected chi connectivity index (χ0v) is 13.0. The van der Waals surface area contributed by atoms with Gasteiger partial charge in [0, 0.05) is 10.9 Å². The van der Waals surface area contributed by atoms with Crippen LogP contribution in [0.2, 0.25) is 0 Å². The Bertz CT molecular complexity index is 614. The molecule has 2 unspecified atom stereocenters. The molecule has 1 saturated heterocycles. The molecule has 1 aliphatic rings. The molecular weight excluding hydrogens is 286 g/mol. The average molecular weight is 305 g/mol. The van der Waals surface area contributed by atoms with E-state index in [1.807, 2.05) is 6.92 Å². The zero-order valence-electron chi connectivity index (χ0n) is 12.2. The fourth-order valence-electron chi connectivity index (χ4n) is 2.24. The molecule has 3 rings (SSSR count). The molecule has 2 atom stereocenters. The summed E-state index contributed by atoms with van der Waals surface area (Å²) in [6, 6.07) is 8.29. The van der Waals surface area contributed by atoms with Gasteiger partial charge in [-0.1, -0.05) is 22.9 Å². The average Bonchev–Trinajstić information content (AvgIpc) is 3.07. The molecule has 0 bridgehead atoms. The van der Waals surface area contributed by atoms with E-state index in [9.17, 15) is 0 Å². The fraction of sp³-hybridized carbons (Fsp3) is 0.467. The van der Waals surface area contributed by atoms with Crippen LogP contribution >= 0.6 is 11.8 Å². The van der Waals surface area contributed by atoms with Crippen LogP contribution in [0.25, 0.3) is 0 Å². The standard InChI is InChI=1S/C15H19N3O2S/c1-10-3-5-11(6-4-10)21-8-13-17-14(20-18-13)15(2)9-19-7-12(15)16/h3-6,12H,7-9,16H2,1-2H3. The first kappa shape index (κ1) is 14.6. The Morgan fingerprint density at radius 1 is 1.38 bits per heavy atom. The largest absolute Gasteiger partial charge is 0.379 e. The van der Waals surface area contributed by atoms with Crippen LogP contribution in [0, 0.1) is 6.92 Å². The van der Waals surface area contributed by atoms with Gasteiger partial charge in [-0.25, -0.2) is 0 Å². The van der Waals surface area contributed by atoms with E-state index in [2.05, 4.69) is 41.3 Å². The van der Waals surface area contributed by atoms with Crippen LogP contribution in [-0.2, 0) is 15.9 Å². The minimum absolute atomic E-state index is 0.101. The van der Waals surface area contributed by atoms with E-state index in [-0.39, 0.29) is 11.5 Å². The van der Waals surface area contributed by atoms with Crippen molar-refractivity contribution in [2.24, 2.45) is 5.73 Å².